The van der Waals surface area contributed by atoms with Gasteiger partial charge < -0.3 is 5.32 Å². The zero-order valence-corrected chi connectivity index (χ0v) is 13.5. The fraction of sp³-hybridized carbons (Fsp3) is 0.316. The molecular formula is C19H24N2O. The first kappa shape index (κ1) is 16.2. The van der Waals surface area contributed by atoms with Crippen molar-refractivity contribution in [3.05, 3.63) is 71.3 Å². The Morgan fingerprint density at radius 3 is 2.36 bits per heavy atom. The lowest BCUT2D eigenvalue weighted by Crippen LogP contribution is -2.36. The first-order chi connectivity index (χ1) is 10.5. The molecule has 1 N–H and O–H groups in total. The van der Waals surface area contributed by atoms with E-state index in [9.17, 15) is 4.79 Å². The number of carbonyl (C=O) groups excluding carboxylic acids is 1. The van der Waals surface area contributed by atoms with Crippen molar-refractivity contribution >= 4 is 5.91 Å². The Morgan fingerprint density at radius 1 is 1.09 bits per heavy atom. The molecule has 2 aromatic carbocycles. The van der Waals surface area contributed by atoms with Crippen molar-refractivity contribution in [3.8, 4) is 0 Å². The minimum absolute atomic E-state index is 0.0291. The van der Waals surface area contributed by atoms with E-state index < -0.39 is 0 Å². The van der Waals surface area contributed by atoms with Gasteiger partial charge in [-0.15, -0.1) is 0 Å². The van der Waals surface area contributed by atoms with Gasteiger partial charge in [0, 0.05) is 6.54 Å². The topological polar surface area (TPSA) is 32.3 Å². The molecule has 0 aliphatic carbocycles. The Morgan fingerprint density at radius 2 is 1.73 bits per heavy atom. The van der Waals surface area contributed by atoms with E-state index in [0.717, 1.165) is 12.1 Å². The van der Waals surface area contributed by atoms with Gasteiger partial charge in [0.05, 0.1) is 12.6 Å². The summed E-state index contributed by atoms with van der Waals surface area (Å²) in [6.07, 6.45) is 0. The number of hydrogen-bond acceptors (Lipinski definition) is 2. The summed E-state index contributed by atoms with van der Waals surface area (Å²) in [5, 5.41) is 3.04. The number of benzene rings is 2. The number of amides is 1. The normalized spacial score (nSPS) is 12.2. The lowest BCUT2D eigenvalue weighted by atomic mass is 10.1. The molecule has 1 amide bonds. The summed E-state index contributed by atoms with van der Waals surface area (Å²) in [6, 6.07) is 18.5. The molecule has 116 valence electrons. The van der Waals surface area contributed by atoms with Crippen molar-refractivity contribution in [2.75, 3.05) is 13.6 Å². The van der Waals surface area contributed by atoms with E-state index in [1.54, 1.807) is 0 Å². The quantitative estimate of drug-likeness (QED) is 0.887. The summed E-state index contributed by atoms with van der Waals surface area (Å²) >= 11 is 0. The number of nitrogens with zero attached hydrogens (tertiary/aromatic N) is 1. The van der Waals surface area contributed by atoms with Gasteiger partial charge in [0.1, 0.15) is 0 Å². The first-order valence-electron chi connectivity index (χ1n) is 7.63. The molecule has 22 heavy (non-hydrogen) atoms. The predicted octanol–water partition coefficient (Wildman–Crippen LogP) is 3.30. The molecule has 0 aliphatic rings. The van der Waals surface area contributed by atoms with Crippen molar-refractivity contribution in [3.63, 3.8) is 0 Å². The Bertz CT molecular complexity index is 593. The first-order valence-corrected chi connectivity index (χ1v) is 7.63. The van der Waals surface area contributed by atoms with E-state index >= 15 is 0 Å². The van der Waals surface area contributed by atoms with Gasteiger partial charge in [0.2, 0.25) is 5.91 Å². The van der Waals surface area contributed by atoms with Crippen LogP contribution in [0.15, 0.2) is 54.6 Å². The highest BCUT2D eigenvalue weighted by molar-refractivity contribution is 5.78. The summed E-state index contributed by atoms with van der Waals surface area (Å²) in [5.41, 5.74) is 3.59. The van der Waals surface area contributed by atoms with Gasteiger partial charge in [-0.1, -0.05) is 60.2 Å². The van der Waals surface area contributed by atoms with Crippen LogP contribution < -0.4 is 5.32 Å². The molecule has 0 aliphatic heterocycles. The molecule has 0 heterocycles. The van der Waals surface area contributed by atoms with Crippen LogP contribution in [0.3, 0.4) is 0 Å². The van der Waals surface area contributed by atoms with Crippen molar-refractivity contribution in [1.29, 1.82) is 0 Å². The third-order valence-corrected chi connectivity index (χ3v) is 3.66. The van der Waals surface area contributed by atoms with E-state index in [1.165, 1.54) is 11.1 Å². The molecule has 0 aromatic heterocycles. The van der Waals surface area contributed by atoms with Crippen LogP contribution in [0.25, 0.3) is 0 Å². The van der Waals surface area contributed by atoms with Crippen molar-refractivity contribution < 1.29 is 4.79 Å². The molecule has 0 bridgehead atoms. The van der Waals surface area contributed by atoms with Gasteiger partial charge in [0.15, 0.2) is 0 Å². The van der Waals surface area contributed by atoms with E-state index in [4.69, 9.17) is 0 Å². The van der Waals surface area contributed by atoms with E-state index in [0.29, 0.717) is 6.54 Å². The molecule has 1 atom stereocenters. The number of hydrogen-bond donors (Lipinski definition) is 1. The van der Waals surface area contributed by atoms with Crippen molar-refractivity contribution in [2.24, 2.45) is 0 Å². The lowest BCUT2D eigenvalue weighted by Gasteiger charge is -2.19. The molecule has 0 saturated carbocycles. The number of nitrogens with one attached hydrogen (secondary N) is 1. The highest BCUT2D eigenvalue weighted by Crippen LogP contribution is 2.11. The average molecular weight is 296 g/mol. The van der Waals surface area contributed by atoms with E-state index in [1.807, 2.05) is 49.2 Å². The fourth-order valence-corrected chi connectivity index (χ4v) is 2.42. The van der Waals surface area contributed by atoms with Crippen LogP contribution in [-0.4, -0.2) is 24.4 Å². The van der Waals surface area contributed by atoms with Crippen molar-refractivity contribution in [2.45, 2.75) is 26.4 Å². The zero-order chi connectivity index (χ0) is 15.9. The van der Waals surface area contributed by atoms with Crippen LogP contribution in [0.4, 0.5) is 0 Å². The molecule has 0 saturated heterocycles. The van der Waals surface area contributed by atoms with Gasteiger partial charge in [0.25, 0.3) is 0 Å². The minimum Gasteiger partial charge on any atom is -0.348 e. The monoisotopic (exact) mass is 296 g/mol. The number of aryl methyl sites for hydroxylation is 1. The van der Waals surface area contributed by atoms with E-state index in [2.05, 4.69) is 36.5 Å². The van der Waals surface area contributed by atoms with Gasteiger partial charge in [-0.2, -0.15) is 0 Å². The van der Waals surface area contributed by atoms with Gasteiger partial charge in [-0.05, 0) is 32.0 Å². The van der Waals surface area contributed by atoms with Gasteiger partial charge >= 0.3 is 0 Å². The highest BCUT2D eigenvalue weighted by atomic mass is 16.2. The zero-order valence-electron chi connectivity index (χ0n) is 13.5. The lowest BCUT2D eigenvalue weighted by molar-refractivity contribution is -0.122. The van der Waals surface area contributed by atoms with Crippen LogP contribution in [0.1, 0.15) is 29.7 Å². The molecule has 0 fully saturated rings. The SMILES string of the molecule is Cc1ccc(CN(C)CC(=O)N[C@@H](C)c2ccccc2)cc1. The van der Waals surface area contributed by atoms with Gasteiger partial charge in [-0.25, -0.2) is 0 Å². The second kappa shape index (κ2) is 7.76. The minimum atomic E-state index is 0.0291. The molecule has 0 unspecified atom stereocenters. The third kappa shape index (κ3) is 5.01. The Balaban J connectivity index is 1.82. The average Bonchev–Trinajstić information content (AvgIpc) is 2.50. The molecule has 3 nitrogen and oxygen atoms in total. The summed E-state index contributed by atoms with van der Waals surface area (Å²) in [6.45, 7) is 5.25. The predicted molar refractivity (Wildman–Crippen MR) is 90.5 cm³/mol. The van der Waals surface area contributed by atoms with Gasteiger partial charge in [-0.3, -0.25) is 9.69 Å². The maximum absolute atomic E-state index is 12.1. The Hall–Kier alpha value is -2.13. The molecule has 0 radical (unpaired) electrons. The number of likely N-dealkylation sites (N-methyl/N-ethyl adjacent to an activating group) is 1. The van der Waals surface area contributed by atoms with Crippen LogP contribution in [0, 0.1) is 6.92 Å². The Labute approximate surface area is 133 Å². The molecule has 2 rings (SSSR count). The summed E-state index contributed by atoms with van der Waals surface area (Å²) in [7, 11) is 1.96. The summed E-state index contributed by atoms with van der Waals surface area (Å²) in [4.78, 5) is 14.2. The fourth-order valence-electron chi connectivity index (χ4n) is 2.42. The molecular weight excluding hydrogens is 272 g/mol. The smallest absolute Gasteiger partial charge is 0.234 e. The summed E-state index contributed by atoms with van der Waals surface area (Å²) in [5.74, 6) is 0.0472. The van der Waals surface area contributed by atoms with E-state index in [-0.39, 0.29) is 11.9 Å². The Kier molecular flexibility index (Phi) is 5.73. The largest absolute Gasteiger partial charge is 0.348 e. The number of carbonyl (C=O) groups is 1. The third-order valence-electron chi connectivity index (χ3n) is 3.66. The number of rotatable bonds is 6. The van der Waals surface area contributed by atoms with Crippen LogP contribution in [0.2, 0.25) is 0 Å². The highest BCUT2D eigenvalue weighted by Gasteiger charge is 2.11. The second-order valence-electron chi connectivity index (χ2n) is 5.86. The maximum atomic E-state index is 12.1. The van der Waals surface area contributed by atoms with Crippen LogP contribution >= 0.6 is 0 Å². The second-order valence-corrected chi connectivity index (χ2v) is 5.86. The maximum Gasteiger partial charge on any atom is 0.234 e. The summed E-state index contributed by atoms with van der Waals surface area (Å²) < 4.78 is 0. The van der Waals surface area contributed by atoms with Crippen LogP contribution in [-0.2, 0) is 11.3 Å². The molecule has 2 aromatic rings. The molecule has 3 heteroatoms. The standard InChI is InChI=1S/C19H24N2O/c1-15-9-11-17(12-10-15)13-21(3)14-19(22)20-16(2)18-7-5-4-6-8-18/h4-12,16H,13-14H2,1-3H3,(H,20,22)/t16-/m0/s1. The van der Waals surface area contributed by atoms with Crippen LogP contribution in [0.5, 0.6) is 0 Å². The van der Waals surface area contributed by atoms with Crippen molar-refractivity contribution in [1.82, 2.24) is 10.2 Å². The molecule has 0 spiro atoms.